The molecule has 6 atom stereocenters. The van der Waals surface area contributed by atoms with Crippen molar-refractivity contribution in [1.82, 2.24) is 0 Å². The zero-order valence-corrected chi connectivity index (χ0v) is 80.7. The van der Waals surface area contributed by atoms with Crippen molar-refractivity contribution >= 4 is 86.7 Å². The number of sulfone groups is 4. The number of carboxylic acids is 6. The van der Waals surface area contributed by atoms with E-state index in [9.17, 15) is 72.0 Å². The van der Waals surface area contributed by atoms with Crippen LogP contribution in [0.5, 0.6) is 0 Å². The van der Waals surface area contributed by atoms with Crippen molar-refractivity contribution in [1.29, 1.82) is 0 Å². The lowest BCUT2D eigenvalue weighted by Gasteiger charge is -2.08. The summed E-state index contributed by atoms with van der Waals surface area (Å²) in [6, 6.07) is 79.2. The van der Waals surface area contributed by atoms with Crippen molar-refractivity contribution in [2.75, 3.05) is 0 Å². The van der Waals surface area contributed by atoms with E-state index in [0.717, 1.165) is 77.9 Å². The molecule has 28 nitrogen and oxygen atoms in total. The number of carbonyl (C=O) groups is 8. The molecule has 0 aliphatic carbocycles. The first-order valence-corrected chi connectivity index (χ1v) is 50.3. The van der Waals surface area contributed by atoms with Gasteiger partial charge >= 0.3 is 35.8 Å². The van der Waals surface area contributed by atoms with Crippen molar-refractivity contribution in [3.63, 3.8) is 0 Å². The summed E-state index contributed by atoms with van der Waals surface area (Å²) in [5.41, 5.74) is 50.6. The van der Waals surface area contributed by atoms with Crippen LogP contribution in [0, 0.1) is 41.5 Å². The van der Waals surface area contributed by atoms with E-state index < -0.39 is 111 Å². The van der Waals surface area contributed by atoms with Crippen LogP contribution in [0.25, 0.3) is 0 Å². The number of hydrogen-bond donors (Lipinski definition) is 12. The number of carbonyl (C=O) groups excluding carboxylic acids is 2. The van der Waals surface area contributed by atoms with Crippen LogP contribution in [-0.2, 0) is 165 Å². The molecule has 0 bridgehead atoms. The molecule has 138 heavy (non-hydrogen) atoms. The SMILES string of the molecule is Cc1ccc(CC(=O)Cc2ccc(C[C@@H](N)C(=O)O)cc2)cc1.Cc1ccc(CC(=O)Cc2ccc(C[C@H](N)C(=O)O)cc2)cc1.Cc1ccc(S(=O)(=O)Cc2ccc(C[C@@H](N)C(=O)O)cc2)cc1.Cc1ccc(S(=O)(=O)Cc2ccc(C[C@@H](N)C(=O)O)cc2)cc1.Cc1ccc(S(=O)(=O)Cc2ccc(C[C@H](N)C(=O)O)cc2)cc1.Cc1ccc(S(=O)(=O)Cc2ccc(C[C@H](N)C(=O)O)cc2)cc1. The number of aliphatic carboxylic acids is 6. The average molecular weight is 1960 g/mol. The molecule has 0 spiro atoms. The van der Waals surface area contributed by atoms with E-state index in [1.807, 2.05) is 139 Å². The third kappa shape index (κ3) is 39.2. The molecule has 12 aromatic carbocycles. The second-order valence-electron chi connectivity index (χ2n) is 33.8. The number of ketones is 2. The van der Waals surface area contributed by atoms with Crippen molar-refractivity contribution in [3.05, 3.63) is 402 Å². The van der Waals surface area contributed by atoms with Crippen LogP contribution in [0.3, 0.4) is 0 Å². The molecule has 0 amide bonds. The largest absolute Gasteiger partial charge is 0.480 e. The lowest BCUT2D eigenvalue weighted by molar-refractivity contribution is -0.139. The summed E-state index contributed by atoms with van der Waals surface area (Å²) in [6.07, 6.45) is 3.00. The minimum atomic E-state index is -3.40. The van der Waals surface area contributed by atoms with Crippen LogP contribution in [0.15, 0.2) is 311 Å². The van der Waals surface area contributed by atoms with E-state index in [1.54, 1.807) is 194 Å². The normalized spacial score (nSPS) is 12.5. The van der Waals surface area contributed by atoms with Gasteiger partial charge in [-0.15, -0.1) is 0 Å². The number of aryl methyl sites for hydroxylation is 6. The molecule has 0 saturated carbocycles. The minimum Gasteiger partial charge on any atom is -0.480 e. The molecule has 32 heteroatoms. The van der Waals surface area contributed by atoms with Gasteiger partial charge in [-0.25, -0.2) is 33.7 Å². The number of Topliss-reactive ketones (excluding diaryl/α,β-unsaturated/α-hetero) is 2. The Hall–Kier alpha value is -13.6. The molecular formula is C106H118N6O22S4. The van der Waals surface area contributed by atoms with Crippen molar-refractivity contribution < 1.29 is 103 Å². The van der Waals surface area contributed by atoms with Gasteiger partial charge in [0.2, 0.25) is 0 Å². The molecule has 18 N–H and O–H groups in total. The number of hydrogen-bond acceptors (Lipinski definition) is 22. The second kappa shape index (κ2) is 53.2. The summed E-state index contributed by atoms with van der Waals surface area (Å²) in [7, 11) is -13.6. The molecule has 0 aliphatic heterocycles. The van der Waals surface area contributed by atoms with Gasteiger partial charge < -0.3 is 65.0 Å². The van der Waals surface area contributed by atoms with Crippen molar-refractivity contribution in [2.45, 2.75) is 185 Å². The Morgan fingerprint density at radius 2 is 0.297 bits per heavy atom. The minimum absolute atomic E-state index is 0.0959. The Bertz CT molecular complexity index is 5870. The van der Waals surface area contributed by atoms with Crippen LogP contribution in [0.1, 0.15) is 111 Å². The van der Waals surface area contributed by atoms with Crippen molar-refractivity contribution in [3.8, 4) is 0 Å². The van der Waals surface area contributed by atoms with Gasteiger partial charge in [-0.05, 0) is 206 Å². The third-order valence-electron chi connectivity index (χ3n) is 21.6. The highest BCUT2D eigenvalue weighted by atomic mass is 32.2. The van der Waals surface area contributed by atoms with Gasteiger partial charge in [0, 0.05) is 25.7 Å². The monoisotopic (exact) mass is 1950 g/mol. The first kappa shape index (κ1) is 111. The number of carboxylic acid groups (broad SMARTS) is 6. The standard InChI is InChI=1S/2C19H21NO3.4C17H19NO4S/c2*1-13-2-4-14(5-3-13)10-17(21)11-15-6-8-16(9-7-15)12-18(20)19(22)23;4*1-12-2-8-15(9-3-12)23(21,22)11-14-6-4-13(5-7-14)10-16(18)17(19)20/h2*2-9,18H,10-12,20H2,1H3,(H,22,23);4*2-9,16H,10-11,18H2,1H3,(H,19,20)/t2*18-;4*16-/m101100/s1. The van der Waals surface area contributed by atoms with Crippen LogP contribution in [0.4, 0.5) is 0 Å². The van der Waals surface area contributed by atoms with Crippen LogP contribution in [0.2, 0.25) is 0 Å². The van der Waals surface area contributed by atoms with Gasteiger partial charge in [0.05, 0.1) is 42.6 Å². The van der Waals surface area contributed by atoms with E-state index in [2.05, 4.69) is 0 Å². The highest BCUT2D eigenvalue weighted by Gasteiger charge is 2.24. The molecule has 0 heterocycles. The van der Waals surface area contributed by atoms with Crippen LogP contribution < -0.4 is 34.4 Å². The Morgan fingerprint density at radius 1 is 0.188 bits per heavy atom. The first-order valence-electron chi connectivity index (χ1n) is 43.7. The maximum absolute atomic E-state index is 12.4. The highest BCUT2D eigenvalue weighted by Crippen LogP contribution is 2.25. The average Bonchev–Trinajstić information content (AvgIpc) is 0.835. The summed E-state index contributed by atoms with van der Waals surface area (Å²) >= 11 is 0. The first-order chi connectivity index (χ1) is 65.0. The summed E-state index contributed by atoms with van der Waals surface area (Å²) in [6.45, 7) is 11.6. The highest BCUT2D eigenvalue weighted by molar-refractivity contribution is 7.91. The molecule has 12 rings (SSSR count). The molecule has 0 aliphatic rings. The van der Waals surface area contributed by atoms with Gasteiger partial charge in [0.1, 0.15) is 47.8 Å². The predicted octanol–water partition coefficient (Wildman–Crippen LogP) is 12.3. The summed E-state index contributed by atoms with van der Waals surface area (Å²) in [5.74, 6) is -6.33. The van der Waals surface area contributed by atoms with Gasteiger partial charge in [0.25, 0.3) is 0 Å². The number of nitrogens with two attached hydrogens (primary N) is 6. The topological polar surface area (TPSA) is 551 Å². The van der Waals surface area contributed by atoms with E-state index in [-0.39, 0.29) is 73.1 Å². The third-order valence-corrected chi connectivity index (χ3v) is 28.4. The molecule has 0 unspecified atom stereocenters. The van der Waals surface area contributed by atoms with E-state index >= 15 is 0 Å². The maximum Gasteiger partial charge on any atom is 0.320 e. The molecule has 0 aromatic heterocycles. The van der Waals surface area contributed by atoms with Crippen LogP contribution >= 0.6 is 0 Å². The van der Waals surface area contributed by atoms with E-state index in [0.29, 0.717) is 67.5 Å². The quantitative estimate of drug-likeness (QED) is 0.0171. The van der Waals surface area contributed by atoms with Gasteiger partial charge in [-0.2, -0.15) is 0 Å². The molecule has 0 fully saturated rings. The summed E-state index contributed by atoms with van der Waals surface area (Å²) in [5, 5.41) is 52.8. The molecular weight excluding hydrogens is 1840 g/mol. The Labute approximate surface area is 805 Å². The zero-order chi connectivity index (χ0) is 102. The smallest absolute Gasteiger partial charge is 0.320 e. The fourth-order valence-corrected chi connectivity index (χ4v) is 18.8. The van der Waals surface area contributed by atoms with Gasteiger partial charge in [0.15, 0.2) is 39.3 Å². The van der Waals surface area contributed by atoms with Gasteiger partial charge in [-0.3, -0.25) is 38.4 Å². The lowest BCUT2D eigenvalue weighted by Crippen LogP contribution is -2.32. The lowest BCUT2D eigenvalue weighted by atomic mass is 9.99. The Morgan fingerprint density at radius 3 is 0.428 bits per heavy atom. The maximum atomic E-state index is 12.4. The Kier molecular flexibility index (Phi) is 42.9. The molecule has 0 radical (unpaired) electrons. The number of rotatable bonds is 38. The number of benzene rings is 12. The van der Waals surface area contributed by atoms with E-state index in [1.165, 1.54) is 11.1 Å². The predicted molar refractivity (Wildman–Crippen MR) is 530 cm³/mol. The summed E-state index contributed by atoms with van der Waals surface area (Å²) < 4.78 is 98.9. The molecule has 728 valence electrons. The van der Waals surface area contributed by atoms with Crippen molar-refractivity contribution in [2.24, 2.45) is 34.4 Å². The fraction of sp³-hybridized carbons (Fsp3) is 0.245. The molecule has 12 aromatic rings. The fourth-order valence-electron chi connectivity index (χ4n) is 13.4. The van der Waals surface area contributed by atoms with Crippen LogP contribution in [-0.4, -0.2) is 148 Å². The zero-order valence-electron chi connectivity index (χ0n) is 77.4. The molecule has 0 saturated heterocycles. The Balaban J connectivity index is 0.000000225. The van der Waals surface area contributed by atoms with E-state index in [4.69, 9.17) is 65.0 Å². The summed E-state index contributed by atoms with van der Waals surface area (Å²) in [4.78, 5) is 89.8. The van der Waals surface area contributed by atoms with Gasteiger partial charge in [-0.1, -0.05) is 276 Å². The second-order valence-corrected chi connectivity index (χ2v) is 41.8.